The Bertz CT molecular complexity index is 1050. The molecule has 0 saturated heterocycles. The predicted molar refractivity (Wildman–Crippen MR) is 95.7 cm³/mol. The summed E-state index contributed by atoms with van der Waals surface area (Å²) in [5.41, 5.74) is -0.461. The first-order valence-electron chi connectivity index (χ1n) is 7.67. The van der Waals surface area contributed by atoms with Crippen molar-refractivity contribution in [1.82, 2.24) is 9.55 Å². The molecule has 0 aliphatic heterocycles. The number of aliphatic carboxylic acids is 1. The number of aromatic nitrogens is 2. The van der Waals surface area contributed by atoms with Gasteiger partial charge in [-0.15, -0.1) is 11.3 Å². The van der Waals surface area contributed by atoms with E-state index in [4.69, 9.17) is 0 Å². The van der Waals surface area contributed by atoms with E-state index >= 15 is 0 Å². The van der Waals surface area contributed by atoms with Gasteiger partial charge in [0.25, 0.3) is 5.56 Å². The van der Waals surface area contributed by atoms with E-state index in [9.17, 15) is 19.1 Å². The molecule has 0 spiro atoms. The number of nitrogens with zero attached hydrogens (tertiary/aromatic N) is 2. The van der Waals surface area contributed by atoms with Crippen LogP contribution in [0.3, 0.4) is 0 Å². The van der Waals surface area contributed by atoms with Gasteiger partial charge in [0.1, 0.15) is 22.0 Å². The van der Waals surface area contributed by atoms with Crippen LogP contribution in [0.1, 0.15) is 24.5 Å². The SMILES string of the molecule is Cc1sc2nc(C)n(C(C)(C)C(=O)O)c(=O)c2c1-c1ccc(F)cc1. The average molecular weight is 360 g/mol. The number of benzene rings is 1. The van der Waals surface area contributed by atoms with Gasteiger partial charge in [-0.05, 0) is 45.4 Å². The Labute approximate surface area is 147 Å². The molecule has 1 N–H and O–H groups in total. The van der Waals surface area contributed by atoms with Crippen molar-refractivity contribution in [2.75, 3.05) is 0 Å². The van der Waals surface area contributed by atoms with Crippen LogP contribution in [0, 0.1) is 19.7 Å². The maximum Gasteiger partial charge on any atom is 0.329 e. The first-order chi connectivity index (χ1) is 11.6. The fourth-order valence-electron chi connectivity index (χ4n) is 2.98. The topological polar surface area (TPSA) is 72.2 Å². The van der Waals surface area contributed by atoms with Gasteiger partial charge >= 0.3 is 5.97 Å². The summed E-state index contributed by atoms with van der Waals surface area (Å²) in [6, 6.07) is 5.88. The zero-order chi connectivity index (χ0) is 18.5. The highest BCUT2D eigenvalue weighted by Crippen LogP contribution is 2.36. The number of carboxylic acids is 1. The smallest absolute Gasteiger partial charge is 0.329 e. The van der Waals surface area contributed by atoms with E-state index in [1.807, 2.05) is 6.92 Å². The fraction of sp³-hybridized carbons (Fsp3) is 0.278. The summed E-state index contributed by atoms with van der Waals surface area (Å²) in [6.45, 7) is 6.42. The van der Waals surface area contributed by atoms with E-state index in [-0.39, 0.29) is 5.82 Å². The lowest BCUT2D eigenvalue weighted by atomic mass is 10.0. The molecule has 25 heavy (non-hydrogen) atoms. The Hall–Kier alpha value is -2.54. The lowest BCUT2D eigenvalue weighted by molar-refractivity contribution is -0.145. The maximum absolute atomic E-state index is 13.2. The Balaban J connectivity index is 2.42. The summed E-state index contributed by atoms with van der Waals surface area (Å²) in [5, 5.41) is 9.88. The van der Waals surface area contributed by atoms with Gasteiger partial charge in [0, 0.05) is 10.4 Å². The van der Waals surface area contributed by atoms with Gasteiger partial charge in [0.2, 0.25) is 0 Å². The van der Waals surface area contributed by atoms with Crippen molar-refractivity contribution < 1.29 is 14.3 Å². The van der Waals surface area contributed by atoms with Gasteiger partial charge < -0.3 is 5.11 Å². The molecule has 2 aromatic heterocycles. The molecular formula is C18H17FN2O3S. The van der Waals surface area contributed by atoms with Crippen molar-refractivity contribution in [2.24, 2.45) is 0 Å². The number of halogens is 1. The predicted octanol–water partition coefficient (Wildman–Crippen LogP) is 3.70. The molecule has 0 unspecified atom stereocenters. The van der Waals surface area contributed by atoms with Crippen molar-refractivity contribution >= 4 is 27.5 Å². The van der Waals surface area contributed by atoms with Crippen LogP contribution in [0.25, 0.3) is 21.3 Å². The molecule has 0 saturated carbocycles. The quantitative estimate of drug-likeness (QED) is 0.773. The summed E-state index contributed by atoms with van der Waals surface area (Å²) < 4.78 is 14.4. The number of hydrogen-bond acceptors (Lipinski definition) is 4. The van der Waals surface area contributed by atoms with Crippen molar-refractivity contribution in [3.63, 3.8) is 0 Å². The van der Waals surface area contributed by atoms with E-state index in [0.29, 0.717) is 27.2 Å². The van der Waals surface area contributed by atoms with Gasteiger partial charge in [-0.3, -0.25) is 9.36 Å². The Morgan fingerprint density at radius 2 is 1.84 bits per heavy atom. The molecule has 0 amide bonds. The van der Waals surface area contributed by atoms with Crippen LogP contribution in [-0.4, -0.2) is 20.6 Å². The molecule has 5 nitrogen and oxygen atoms in total. The Kier molecular flexibility index (Phi) is 3.99. The highest BCUT2D eigenvalue weighted by atomic mass is 32.1. The zero-order valence-electron chi connectivity index (χ0n) is 14.3. The lowest BCUT2D eigenvalue weighted by Gasteiger charge is -2.24. The molecule has 0 radical (unpaired) electrons. The third kappa shape index (κ3) is 2.64. The first-order valence-corrected chi connectivity index (χ1v) is 8.48. The van der Waals surface area contributed by atoms with Crippen molar-refractivity contribution in [2.45, 2.75) is 33.2 Å². The average Bonchev–Trinajstić information content (AvgIpc) is 2.84. The molecule has 0 bridgehead atoms. The number of aryl methyl sites for hydroxylation is 2. The molecular weight excluding hydrogens is 343 g/mol. The number of carbonyl (C=O) groups is 1. The molecule has 130 valence electrons. The molecule has 0 fully saturated rings. The second kappa shape index (κ2) is 5.77. The minimum absolute atomic E-state index is 0.344. The molecule has 7 heteroatoms. The van der Waals surface area contributed by atoms with E-state index in [0.717, 1.165) is 4.88 Å². The highest BCUT2D eigenvalue weighted by Gasteiger charge is 2.33. The fourth-order valence-corrected chi connectivity index (χ4v) is 4.06. The molecule has 0 aliphatic carbocycles. The Morgan fingerprint density at radius 3 is 2.40 bits per heavy atom. The van der Waals surface area contributed by atoms with Crippen molar-refractivity contribution in [1.29, 1.82) is 0 Å². The van der Waals surface area contributed by atoms with Crippen LogP contribution in [-0.2, 0) is 10.3 Å². The molecule has 1 aromatic carbocycles. The van der Waals surface area contributed by atoms with Gasteiger partial charge in [-0.1, -0.05) is 12.1 Å². The van der Waals surface area contributed by atoms with Crippen LogP contribution in [0.4, 0.5) is 4.39 Å². The van der Waals surface area contributed by atoms with E-state index in [1.165, 1.54) is 41.9 Å². The highest BCUT2D eigenvalue weighted by molar-refractivity contribution is 7.19. The minimum Gasteiger partial charge on any atom is -0.480 e. The van der Waals surface area contributed by atoms with Gasteiger partial charge in [0.15, 0.2) is 0 Å². The van der Waals surface area contributed by atoms with Crippen molar-refractivity contribution in [3.05, 3.63) is 51.1 Å². The van der Waals surface area contributed by atoms with Crippen LogP contribution in [0.5, 0.6) is 0 Å². The first kappa shape index (κ1) is 17.3. The van der Waals surface area contributed by atoms with E-state index in [2.05, 4.69) is 4.98 Å². The number of thiophene rings is 1. The van der Waals surface area contributed by atoms with E-state index in [1.54, 1.807) is 19.1 Å². The van der Waals surface area contributed by atoms with Crippen LogP contribution in [0.2, 0.25) is 0 Å². The van der Waals surface area contributed by atoms with Gasteiger partial charge in [-0.25, -0.2) is 14.2 Å². The second-order valence-electron chi connectivity index (χ2n) is 6.38. The number of rotatable bonds is 3. The zero-order valence-corrected chi connectivity index (χ0v) is 15.1. The molecule has 3 aromatic rings. The van der Waals surface area contributed by atoms with Gasteiger partial charge in [-0.2, -0.15) is 0 Å². The normalized spacial score (nSPS) is 11.9. The summed E-state index contributed by atoms with van der Waals surface area (Å²) in [5.74, 6) is -1.13. The Morgan fingerprint density at radius 1 is 1.24 bits per heavy atom. The number of carboxylic acid groups (broad SMARTS) is 1. The third-order valence-electron chi connectivity index (χ3n) is 4.28. The van der Waals surface area contributed by atoms with Crippen LogP contribution >= 0.6 is 11.3 Å². The lowest BCUT2D eigenvalue weighted by Crippen LogP contribution is -2.44. The van der Waals surface area contributed by atoms with Crippen LogP contribution < -0.4 is 5.56 Å². The van der Waals surface area contributed by atoms with E-state index < -0.39 is 17.1 Å². The number of fused-ring (bicyclic) bond motifs is 1. The summed E-state index contributed by atoms with van der Waals surface area (Å²) >= 11 is 1.37. The second-order valence-corrected chi connectivity index (χ2v) is 7.59. The standard InChI is InChI=1S/C18H17FN2O3S/c1-9-13(11-5-7-12(19)8-6-11)14-15(25-9)20-10(2)21(16(14)22)18(3,4)17(23)24/h5-8H,1-4H3,(H,23,24). The third-order valence-corrected chi connectivity index (χ3v) is 5.28. The number of hydrogen-bond donors (Lipinski definition) is 1. The maximum atomic E-state index is 13.2. The summed E-state index contributed by atoms with van der Waals surface area (Å²) in [6.07, 6.45) is 0. The summed E-state index contributed by atoms with van der Waals surface area (Å²) in [7, 11) is 0. The molecule has 0 atom stereocenters. The monoisotopic (exact) mass is 360 g/mol. The summed E-state index contributed by atoms with van der Waals surface area (Å²) in [4.78, 5) is 30.7. The largest absolute Gasteiger partial charge is 0.480 e. The van der Waals surface area contributed by atoms with Gasteiger partial charge in [0.05, 0.1) is 5.39 Å². The molecule has 0 aliphatic rings. The van der Waals surface area contributed by atoms with Crippen molar-refractivity contribution in [3.8, 4) is 11.1 Å². The van der Waals surface area contributed by atoms with Crippen LogP contribution in [0.15, 0.2) is 29.1 Å². The molecule has 2 heterocycles. The minimum atomic E-state index is -1.43. The molecule has 3 rings (SSSR count).